The number of fused-ring (bicyclic) bond motifs is 1. The number of ether oxygens (including phenoxy) is 1. The van der Waals surface area contributed by atoms with Gasteiger partial charge in [-0.3, -0.25) is 4.79 Å². The fourth-order valence-electron chi connectivity index (χ4n) is 1.86. The molecule has 3 nitrogen and oxygen atoms in total. The SMILES string of the molecule is Cc1cc(Cl)ccc1Oc1nc(=O)c2ccccc2s1. The zero-order valence-corrected chi connectivity index (χ0v) is 12.2. The van der Waals surface area contributed by atoms with Crippen LogP contribution in [0.1, 0.15) is 5.56 Å². The predicted molar refractivity (Wildman–Crippen MR) is 82.2 cm³/mol. The Balaban J connectivity index is 2.05. The first-order valence-electron chi connectivity index (χ1n) is 5.97. The van der Waals surface area contributed by atoms with Crippen molar-refractivity contribution in [2.45, 2.75) is 6.92 Å². The van der Waals surface area contributed by atoms with E-state index in [0.717, 1.165) is 10.3 Å². The number of benzene rings is 2. The molecule has 0 fully saturated rings. The first-order chi connectivity index (χ1) is 9.63. The number of rotatable bonds is 2. The lowest BCUT2D eigenvalue weighted by Crippen LogP contribution is -2.05. The van der Waals surface area contributed by atoms with Crippen molar-refractivity contribution in [1.82, 2.24) is 4.98 Å². The quantitative estimate of drug-likeness (QED) is 0.704. The summed E-state index contributed by atoms with van der Waals surface area (Å²) in [5.74, 6) is 0.646. The molecule has 0 saturated carbocycles. The van der Waals surface area contributed by atoms with Gasteiger partial charge in [-0.25, -0.2) is 0 Å². The zero-order valence-electron chi connectivity index (χ0n) is 10.6. The normalized spacial score (nSPS) is 10.7. The Labute approximate surface area is 124 Å². The van der Waals surface area contributed by atoms with Crippen LogP contribution in [0, 0.1) is 6.92 Å². The number of hydrogen-bond donors (Lipinski definition) is 0. The molecule has 0 N–H and O–H groups in total. The molecule has 1 heterocycles. The van der Waals surface area contributed by atoms with Crippen LogP contribution in [0.25, 0.3) is 10.1 Å². The molecule has 2 aromatic carbocycles. The Hall–Kier alpha value is -1.91. The summed E-state index contributed by atoms with van der Waals surface area (Å²) in [5, 5.41) is 1.59. The van der Waals surface area contributed by atoms with Gasteiger partial charge in [-0.2, -0.15) is 4.98 Å². The lowest BCUT2D eigenvalue weighted by molar-refractivity contribution is 0.473. The third-order valence-electron chi connectivity index (χ3n) is 2.84. The second-order valence-electron chi connectivity index (χ2n) is 4.29. The minimum absolute atomic E-state index is 0.277. The van der Waals surface area contributed by atoms with Gasteiger partial charge in [0, 0.05) is 9.72 Å². The Morgan fingerprint density at radius 3 is 2.80 bits per heavy atom. The summed E-state index contributed by atoms with van der Waals surface area (Å²) in [7, 11) is 0. The minimum atomic E-state index is -0.277. The van der Waals surface area contributed by atoms with Crippen LogP contribution in [0.2, 0.25) is 5.02 Å². The third-order valence-corrected chi connectivity index (χ3v) is 4.00. The first-order valence-corrected chi connectivity index (χ1v) is 7.17. The van der Waals surface area contributed by atoms with Crippen LogP contribution in [-0.2, 0) is 0 Å². The van der Waals surface area contributed by atoms with Crippen LogP contribution < -0.4 is 10.3 Å². The Kier molecular flexibility index (Phi) is 3.42. The molecule has 0 amide bonds. The van der Waals surface area contributed by atoms with Gasteiger partial charge in [0.2, 0.25) is 0 Å². The molecule has 0 atom stereocenters. The lowest BCUT2D eigenvalue weighted by atomic mass is 10.2. The molecule has 5 heteroatoms. The van der Waals surface area contributed by atoms with E-state index in [1.54, 1.807) is 24.3 Å². The predicted octanol–water partition coefficient (Wildman–Crippen LogP) is 4.41. The molecule has 1 aromatic heterocycles. The summed E-state index contributed by atoms with van der Waals surface area (Å²) in [6.45, 7) is 1.89. The number of nitrogens with zero attached hydrogens (tertiary/aromatic N) is 1. The van der Waals surface area contributed by atoms with Crippen LogP contribution in [0.5, 0.6) is 10.9 Å². The fraction of sp³-hybridized carbons (Fsp3) is 0.0667. The van der Waals surface area contributed by atoms with Gasteiger partial charge in [-0.1, -0.05) is 35.1 Å². The highest BCUT2D eigenvalue weighted by Gasteiger charge is 2.08. The van der Waals surface area contributed by atoms with E-state index in [2.05, 4.69) is 4.98 Å². The van der Waals surface area contributed by atoms with Gasteiger partial charge in [-0.05, 0) is 42.8 Å². The molecule has 0 aliphatic rings. The molecule has 0 spiro atoms. The van der Waals surface area contributed by atoms with Crippen molar-refractivity contribution in [2.24, 2.45) is 0 Å². The summed E-state index contributed by atoms with van der Waals surface area (Å²) < 4.78 is 6.56. The molecular formula is C15H10ClNO2S. The summed E-state index contributed by atoms with van der Waals surface area (Å²) in [4.78, 5) is 15.9. The molecular weight excluding hydrogens is 294 g/mol. The van der Waals surface area contributed by atoms with E-state index < -0.39 is 0 Å². The monoisotopic (exact) mass is 303 g/mol. The van der Waals surface area contributed by atoms with Crippen LogP contribution in [-0.4, -0.2) is 4.98 Å². The van der Waals surface area contributed by atoms with E-state index in [1.165, 1.54) is 11.3 Å². The smallest absolute Gasteiger partial charge is 0.282 e. The number of aryl methyl sites for hydroxylation is 1. The maximum Gasteiger partial charge on any atom is 0.282 e. The molecule has 3 aromatic rings. The van der Waals surface area contributed by atoms with E-state index in [-0.39, 0.29) is 5.56 Å². The molecule has 0 bridgehead atoms. The molecule has 0 saturated heterocycles. The van der Waals surface area contributed by atoms with Crippen molar-refractivity contribution in [3.8, 4) is 10.9 Å². The van der Waals surface area contributed by atoms with Crippen LogP contribution >= 0.6 is 22.9 Å². The third kappa shape index (κ3) is 2.53. The Morgan fingerprint density at radius 2 is 2.00 bits per heavy atom. The van der Waals surface area contributed by atoms with Crippen LogP contribution in [0.3, 0.4) is 0 Å². The average Bonchev–Trinajstić information content (AvgIpc) is 2.42. The molecule has 3 rings (SSSR count). The highest BCUT2D eigenvalue weighted by atomic mass is 35.5. The lowest BCUT2D eigenvalue weighted by Gasteiger charge is -2.07. The van der Waals surface area contributed by atoms with E-state index in [0.29, 0.717) is 21.4 Å². The van der Waals surface area contributed by atoms with E-state index in [1.807, 2.05) is 25.1 Å². The van der Waals surface area contributed by atoms with Crippen molar-refractivity contribution >= 4 is 33.0 Å². The van der Waals surface area contributed by atoms with Crippen molar-refractivity contribution in [1.29, 1.82) is 0 Å². The molecule has 0 radical (unpaired) electrons. The maximum atomic E-state index is 11.9. The number of hydrogen-bond acceptors (Lipinski definition) is 4. The highest BCUT2D eigenvalue weighted by Crippen LogP contribution is 2.30. The van der Waals surface area contributed by atoms with Gasteiger partial charge in [-0.15, -0.1) is 0 Å². The summed E-state index contributed by atoms with van der Waals surface area (Å²) in [5.41, 5.74) is 0.619. The van der Waals surface area contributed by atoms with Gasteiger partial charge in [0.25, 0.3) is 10.8 Å². The molecule has 0 aliphatic heterocycles. The number of aromatic nitrogens is 1. The van der Waals surface area contributed by atoms with Crippen molar-refractivity contribution in [3.05, 3.63) is 63.4 Å². The van der Waals surface area contributed by atoms with Gasteiger partial charge in [0.05, 0.1) is 5.39 Å². The Bertz CT molecular complexity index is 845. The molecule has 100 valence electrons. The summed E-state index contributed by atoms with van der Waals surface area (Å²) in [6, 6.07) is 12.7. The van der Waals surface area contributed by atoms with E-state index in [9.17, 15) is 4.79 Å². The molecule has 20 heavy (non-hydrogen) atoms. The van der Waals surface area contributed by atoms with Crippen LogP contribution in [0.4, 0.5) is 0 Å². The largest absolute Gasteiger partial charge is 0.431 e. The second kappa shape index (κ2) is 5.23. The summed E-state index contributed by atoms with van der Waals surface area (Å²) >= 11 is 7.25. The van der Waals surface area contributed by atoms with Crippen molar-refractivity contribution in [2.75, 3.05) is 0 Å². The van der Waals surface area contributed by atoms with Gasteiger partial charge < -0.3 is 4.74 Å². The fourth-order valence-corrected chi connectivity index (χ4v) is 2.94. The van der Waals surface area contributed by atoms with Gasteiger partial charge >= 0.3 is 0 Å². The van der Waals surface area contributed by atoms with Gasteiger partial charge in [0.1, 0.15) is 5.75 Å². The summed E-state index contributed by atoms with van der Waals surface area (Å²) in [6.07, 6.45) is 0. The first kappa shape index (κ1) is 13.1. The topological polar surface area (TPSA) is 39.2 Å². The van der Waals surface area contributed by atoms with Crippen molar-refractivity contribution in [3.63, 3.8) is 0 Å². The van der Waals surface area contributed by atoms with Gasteiger partial charge in [0.15, 0.2) is 0 Å². The van der Waals surface area contributed by atoms with E-state index >= 15 is 0 Å². The minimum Gasteiger partial charge on any atom is -0.431 e. The van der Waals surface area contributed by atoms with Crippen molar-refractivity contribution < 1.29 is 4.74 Å². The zero-order chi connectivity index (χ0) is 14.1. The standard InChI is InChI=1S/C15H10ClNO2S/c1-9-8-10(16)6-7-12(9)19-15-17-14(18)11-4-2-3-5-13(11)20-15/h2-8H,1H3. The molecule has 0 aliphatic carbocycles. The number of halogens is 1. The second-order valence-corrected chi connectivity index (χ2v) is 5.72. The Morgan fingerprint density at radius 1 is 1.20 bits per heavy atom. The van der Waals surface area contributed by atoms with Crippen LogP contribution in [0.15, 0.2) is 47.3 Å². The average molecular weight is 304 g/mol. The highest BCUT2D eigenvalue weighted by molar-refractivity contribution is 7.19. The maximum absolute atomic E-state index is 11.9. The van der Waals surface area contributed by atoms with E-state index in [4.69, 9.17) is 16.3 Å². The molecule has 0 unspecified atom stereocenters.